The summed E-state index contributed by atoms with van der Waals surface area (Å²) in [5.41, 5.74) is 1.55. The molecule has 0 bridgehead atoms. The number of hydrogen-bond acceptors (Lipinski definition) is 6. The molecule has 3 aromatic rings. The fourth-order valence-electron chi connectivity index (χ4n) is 5.84. The summed E-state index contributed by atoms with van der Waals surface area (Å²) in [4.78, 5) is 29.7. The number of amides is 2. The summed E-state index contributed by atoms with van der Waals surface area (Å²) < 4.78 is 5.23. The van der Waals surface area contributed by atoms with Crippen molar-refractivity contribution in [3.63, 3.8) is 0 Å². The molecule has 3 fully saturated rings. The van der Waals surface area contributed by atoms with Crippen LogP contribution in [0.4, 0.5) is 0 Å². The lowest BCUT2D eigenvalue weighted by Crippen LogP contribution is -2.61. The van der Waals surface area contributed by atoms with Gasteiger partial charge in [0.25, 0.3) is 11.8 Å². The topological polar surface area (TPSA) is 112 Å². The molecule has 0 spiro atoms. The molecule has 2 amide bonds. The van der Waals surface area contributed by atoms with Gasteiger partial charge in [0.1, 0.15) is 16.8 Å². The van der Waals surface area contributed by atoms with Gasteiger partial charge in [-0.3, -0.25) is 9.59 Å². The van der Waals surface area contributed by atoms with E-state index >= 15 is 0 Å². The maximum atomic E-state index is 13.1. The molecule has 1 aromatic heterocycles. The van der Waals surface area contributed by atoms with Gasteiger partial charge in [-0.15, -0.1) is 0 Å². The van der Waals surface area contributed by atoms with Crippen LogP contribution in [0.15, 0.2) is 42.5 Å². The Morgan fingerprint density at radius 2 is 1.72 bits per heavy atom. The normalized spacial score (nSPS) is 28.4. The van der Waals surface area contributed by atoms with Gasteiger partial charge < -0.3 is 19.6 Å². The Morgan fingerprint density at radius 1 is 1.00 bits per heavy atom. The largest absolute Gasteiger partial charge is 0.497 e. The van der Waals surface area contributed by atoms with Crippen molar-refractivity contribution in [1.82, 2.24) is 25.2 Å². The fourth-order valence-corrected chi connectivity index (χ4v) is 5.84. The van der Waals surface area contributed by atoms with E-state index in [-0.39, 0.29) is 29.6 Å². The first kappa shape index (κ1) is 19.2. The molecule has 9 heteroatoms. The first-order valence-electron chi connectivity index (χ1n) is 10.7. The molecule has 2 unspecified atom stereocenters. The van der Waals surface area contributed by atoms with Gasteiger partial charge in [-0.1, -0.05) is 6.07 Å². The number of fused-ring (bicyclic) bond motifs is 5. The summed E-state index contributed by atoms with van der Waals surface area (Å²) in [5.74, 6) is 0.636. The van der Waals surface area contributed by atoms with Crippen molar-refractivity contribution in [3.05, 3.63) is 53.6 Å². The third-order valence-corrected chi connectivity index (χ3v) is 7.48. The van der Waals surface area contributed by atoms with Crippen molar-refractivity contribution in [2.45, 2.75) is 5.60 Å². The van der Waals surface area contributed by atoms with Gasteiger partial charge in [0.05, 0.1) is 19.3 Å². The van der Waals surface area contributed by atoms with Crippen LogP contribution in [0.3, 0.4) is 0 Å². The Balaban J connectivity index is 1.16. The van der Waals surface area contributed by atoms with Crippen LogP contribution >= 0.6 is 0 Å². The van der Waals surface area contributed by atoms with E-state index in [2.05, 4.69) is 15.4 Å². The maximum absolute atomic E-state index is 13.1. The number of carbonyl (C=O) groups is 2. The Morgan fingerprint density at radius 3 is 2.53 bits per heavy atom. The van der Waals surface area contributed by atoms with Crippen LogP contribution in [0, 0.1) is 17.8 Å². The molecule has 4 atom stereocenters. The quantitative estimate of drug-likeness (QED) is 0.642. The molecule has 32 heavy (non-hydrogen) atoms. The van der Waals surface area contributed by atoms with E-state index in [0.717, 1.165) is 0 Å². The SMILES string of the molecule is COc1cccc(C(=O)N2CC3[C@H]4CN(C(=O)c5ccc6n[nH]nc6c5)C[C@H]4C3(O)C2)c1. The van der Waals surface area contributed by atoms with Crippen molar-refractivity contribution in [1.29, 1.82) is 0 Å². The van der Waals surface area contributed by atoms with Crippen LogP contribution in [0.5, 0.6) is 5.75 Å². The number of nitrogens with one attached hydrogen (secondary N) is 1. The molecule has 1 saturated carbocycles. The minimum absolute atomic E-state index is 0.0159. The van der Waals surface area contributed by atoms with Crippen molar-refractivity contribution < 1.29 is 19.4 Å². The van der Waals surface area contributed by atoms with Crippen LogP contribution in [0.25, 0.3) is 11.0 Å². The van der Waals surface area contributed by atoms with Crippen molar-refractivity contribution in [2.75, 3.05) is 33.3 Å². The number of likely N-dealkylation sites (tertiary alicyclic amines) is 2. The molecule has 9 nitrogen and oxygen atoms in total. The standard InChI is InChI=1S/C23H23N5O4/c1-32-15-4-2-3-13(7-15)22(30)28-11-18-16-9-27(10-17(16)23(18,31)12-28)21(29)14-5-6-19-20(8-14)25-26-24-19/h2-8,16-18,31H,9-12H2,1H3,(H,24,25,26)/t16-,17+,18?,23?/m0/s1. The maximum Gasteiger partial charge on any atom is 0.254 e. The van der Waals surface area contributed by atoms with Gasteiger partial charge in [0.15, 0.2) is 0 Å². The highest BCUT2D eigenvalue weighted by molar-refractivity contribution is 5.97. The summed E-state index contributed by atoms with van der Waals surface area (Å²) in [6, 6.07) is 12.4. The van der Waals surface area contributed by atoms with Crippen LogP contribution in [-0.4, -0.2) is 81.0 Å². The smallest absolute Gasteiger partial charge is 0.254 e. The van der Waals surface area contributed by atoms with Gasteiger partial charge in [-0.2, -0.15) is 15.4 Å². The summed E-state index contributed by atoms with van der Waals surface area (Å²) in [6.45, 7) is 1.88. The number of aromatic nitrogens is 3. The number of hydrogen-bond donors (Lipinski definition) is 2. The van der Waals surface area contributed by atoms with Gasteiger partial charge in [-0.25, -0.2) is 0 Å². The second-order valence-electron chi connectivity index (χ2n) is 9.02. The average molecular weight is 433 g/mol. The zero-order valence-corrected chi connectivity index (χ0v) is 17.6. The number of H-pyrrole nitrogens is 1. The van der Waals surface area contributed by atoms with E-state index < -0.39 is 5.60 Å². The molecule has 0 radical (unpaired) electrons. The molecular formula is C23H23N5O4. The molecule has 3 heterocycles. The van der Waals surface area contributed by atoms with Crippen LogP contribution in [-0.2, 0) is 0 Å². The number of ether oxygens (including phenoxy) is 1. The lowest BCUT2D eigenvalue weighted by Gasteiger charge is -2.50. The Bertz CT molecular complexity index is 1240. The fraction of sp³-hybridized carbons (Fsp3) is 0.391. The predicted octanol–water partition coefficient (Wildman–Crippen LogP) is 1.17. The van der Waals surface area contributed by atoms with Crippen LogP contribution in [0.2, 0.25) is 0 Å². The number of β-amino-alcohol motifs (C(OH)–C–C–N with tert-alkyl or cyclic N) is 1. The number of benzene rings is 2. The van der Waals surface area contributed by atoms with Crippen LogP contribution in [0.1, 0.15) is 20.7 Å². The predicted molar refractivity (Wildman–Crippen MR) is 114 cm³/mol. The van der Waals surface area contributed by atoms with E-state index in [1.165, 1.54) is 0 Å². The molecule has 6 rings (SSSR count). The molecule has 3 aliphatic rings. The van der Waals surface area contributed by atoms with E-state index in [4.69, 9.17) is 4.74 Å². The minimum atomic E-state index is -0.940. The van der Waals surface area contributed by atoms with E-state index in [1.54, 1.807) is 54.5 Å². The monoisotopic (exact) mass is 433 g/mol. The Kier molecular flexibility index (Phi) is 4.07. The van der Waals surface area contributed by atoms with Gasteiger partial charge in [0.2, 0.25) is 0 Å². The number of nitrogens with zero attached hydrogens (tertiary/aromatic N) is 4. The van der Waals surface area contributed by atoms with E-state index in [9.17, 15) is 14.7 Å². The first-order chi connectivity index (χ1) is 15.5. The first-order valence-corrected chi connectivity index (χ1v) is 10.7. The molecule has 2 aromatic carbocycles. The molecule has 2 aliphatic heterocycles. The highest BCUT2D eigenvalue weighted by atomic mass is 16.5. The molecule has 164 valence electrons. The number of rotatable bonds is 3. The summed E-state index contributed by atoms with van der Waals surface area (Å²) in [5, 5.41) is 22.0. The number of aromatic amines is 1. The Hall–Kier alpha value is -3.46. The third kappa shape index (κ3) is 2.67. The summed E-state index contributed by atoms with van der Waals surface area (Å²) in [7, 11) is 1.57. The third-order valence-electron chi connectivity index (χ3n) is 7.48. The molecule has 2 saturated heterocycles. The molecule has 1 aliphatic carbocycles. The van der Waals surface area contributed by atoms with Crippen molar-refractivity contribution in [2.24, 2.45) is 17.8 Å². The zero-order valence-electron chi connectivity index (χ0n) is 17.6. The highest BCUT2D eigenvalue weighted by Crippen LogP contribution is 2.57. The van der Waals surface area contributed by atoms with Gasteiger partial charge in [-0.05, 0) is 42.3 Å². The summed E-state index contributed by atoms with van der Waals surface area (Å²) in [6.07, 6.45) is 0. The minimum Gasteiger partial charge on any atom is -0.497 e. The lowest BCUT2D eigenvalue weighted by atomic mass is 9.56. The average Bonchev–Trinajstić information content (AvgIpc) is 3.52. The number of carbonyl (C=O) groups excluding carboxylic acids is 2. The molecular weight excluding hydrogens is 410 g/mol. The van der Waals surface area contributed by atoms with E-state index in [1.807, 2.05) is 4.90 Å². The Labute approximate surface area is 184 Å². The second-order valence-corrected chi connectivity index (χ2v) is 9.02. The van der Waals surface area contributed by atoms with E-state index in [0.29, 0.717) is 54.1 Å². The lowest BCUT2D eigenvalue weighted by molar-refractivity contribution is -0.145. The number of aliphatic hydroxyl groups is 1. The van der Waals surface area contributed by atoms with Gasteiger partial charge >= 0.3 is 0 Å². The van der Waals surface area contributed by atoms with Gasteiger partial charge in [0, 0.05) is 42.6 Å². The van der Waals surface area contributed by atoms with Crippen molar-refractivity contribution >= 4 is 22.8 Å². The second kappa shape index (κ2) is 6.77. The molecule has 2 N–H and O–H groups in total. The highest BCUT2D eigenvalue weighted by Gasteiger charge is 2.68. The zero-order chi connectivity index (χ0) is 22.0. The summed E-state index contributed by atoms with van der Waals surface area (Å²) >= 11 is 0. The number of methoxy groups -OCH3 is 1. The van der Waals surface area contributed by atoms with Crippen molar-refractivity contribution in [3.8, 4) is 5.75 Å². The van der Waals surface area contributed by atoms with Crippen LogP contribution < -0.4 is 4.74 Å².